The Kier molecular flexibility index (Phi) is 11.6. The lowest BCUT2D eigenvalue weighted by atomic mass is 10.1. The zero-order valence-electron chi connectivity index (χ0n) is 11.9. The first-order valence-corrected chi connectivity index (χ1v) is 8.47. The minimum Gasteiger partial charge on any atom is -0.460 e. The minimum absolute atomic E-state index is 0.222. The van der Waals surface area contributed by atoms with Crippen LogP contribution in [0.25, 0.3) is 0 Å². The molecule has 0 aromatic carbocycles. The molecular weight excluding hydrogens is 282 g/mol. The zero-order chi connectivity index (χ0) is 15.3. The number of carbonyl (C=O) groups is 1. The molecule has 0 amide bonds. The van der Waals surface area contributed by atoms with E-state index in [0.29, 0.717) is 6.42 Å². The molecule has 20 heavy (non-hydrogen) atoms. The topological polar surface area (TPSA) is 98.5 Å². The summed E-state index contributed by atoms with van der Waals surface area (Å²) in [5, 5.41) is 0. The van der Waals surface area contributed by atoms with Crippen LogP contribution in [0, 0.1) is 0 Å². The third-order valence-electron chi connectivity index (χ3n) is 2.78. The molecule has 2 N–H and O–H groups in total. The van der Waals surface area contributed by atoms with E-state index < -0.39 is 16.2 Å². The molecule has 1 unspecified atom stereocenters. The second kappa shape index (κ2) is 12.0. The van der Waals surface area contributed by atoms with Crippen molar-refractivity contribution in [1.82, 2.24) is 0 Å². The van der Waals surface area contributed by atoms with Gasteiger partial charge in [-0.15, -0.1) is 6.58 Å². The van der Waals surface area contributed by atoms with Crippen molar-refractivity contribution in [3.05, 3.63) is 12.7 Å². The lowest BCUT2D eigenvalue weighted by Gasteiger charge is -2.03. The van der Waals surface area contributed by atoms with Crippen LogP contribution in [0.1, 0.15) is 51.4 Å². The van der Waals surface area contributed by atoms with Crippen LogP contribution >= 0.6 is 0 Å². The van der Waals surface area contributed by atoms with Crippen LogP contribution in [-0.2, 0) is 33.1 Å². The maximum atomic E-state index is 11.3. The van der Waals surface area contributed by atoms with Crippen molar-refractivity contribution >= 4 is 16.5 Å². The average Bonchev–Trinajstić information content (AvgIpc) is 2.41. The lowest BCUT2D eigenvalue weighted by Crippen LogP contribution is -2.24. The van der Waals surface area contributed by atoms with Gasteiger partial charge < -0.3 is 4.74 Å². The second-order valence-electron chi connectivity index (χ2n) is 4.53. The van der Waals surface area contributed by atoms with E-state index in [1.165, 1.54) is 12.8 Å². The number of rotatable bonds is 13. The highest BCUT2D eigenvalue weighted by molar-refractivity contribution is 7.92. The van der Waals surface area contributed by atoms with Crippen LogP contribution in [0.15, 0.2) is 12.7 Å². The summed E-state index contributed by atoms with van der Waals surface area (Å²) in [4.78, 5) is 11.3. The van der Waals surface area contributed by atoms with Crippen LogP contribution in [0.4, 0.5) is 0 Å². The van der Waals surface area contributed by atoms with E-state index in [1.54, 1.807) is 0 Å². The predicted octanol–water partition coefficient (Wildman–Crippen LogP) is 2.49. The van der Waals surface area contributed by atoms with Crippen LogP contribution in [0.2, 0.25) is 0 Å². The molecule has 0 aromatic rings. The molecule has 6 nitrogen and oxygen atoms in total. The number of carbonyl (C=O) groups excluding carboxylic acids is 1. The van der Waals surface area contributed by atoms with Crippen molar-refractivity contribution in [2.24, 2.45) is 5.90 Å². The Balaban J connectivity index is 3.37. The summed E-state index contributed by atoms with van der Waals surface area (Å²) >= 11 is 0. The first kappa shape index (κ1) is 19.2. The SMILES string of the molecule is C=CCCCCCCCCC(=O)OCC[S+]([O])(=O)ON. The molecule has 0 aliphatic rings. The standard InChI is InChI=1S/C13H25NO5S/c1-2-3-4-5-6-7-8-9-10-13(15)18-11-12-20(16,17)19-14/h2H,1,3-12,14H2/q+1. The smallest absolute Gasteiger partial charge is 0.416 e. The van der Waals surface area contributed by atoms with Crippen molar-refractivity contribution in [1.29, 1.82) is 0 Å². The Labute approximate surface area is 122 Å². The number of hydrogen-bond donors (Lipinski definition) is 1. The van der Waals surface area contributed by atoms with Crippen molar-refractivity contribution in [3.8, 4) is 0 Å². The Morgan fingerprint density at radius 1 is 1.15 bits per heavy atom. The molecule has 0 spiro atoms. The second-order valence-corrected chi connectivity index (χ2v) is 6.24. The first-order chi connectivity index (χ1) is 9.52. The summed E-state index contributed by atoms with van der Waals surface area (Å²) < 4.78 is 30.2. The predicted molar refractivity (Wildman–Crippen MR) is 77.0 cm³/mol. The number of nitrogens with two attached hydrogens (primary N) is 1. The van der Waals surface area contributed by atoms with Gasteiger partial charge >= 0.3 is 16.5 Å². The molecule has 0 aliphatic carbocycles. The summed E-state index contributed by atoms with van der Waals surface area (Å²) in [7, 11) is -3.76. The molecule has 0 fully saturated rings. The van der Waals surface area contributed by atoms with Crippen LogP contribution in [-0.4, -0.2) is 18.3 Å². The number of hydrogen-bond acceptors (Lipinski definition) is 5. The highest BCUT2D eigenvalue weighted by atomic mass is 32.3. The summed E-state index contributed by atoms with van der Waals surface area (Å²) in [5.41, 5.74) is 0. The third-order valence-corrected chi connectivity index (χ3v) is 3.74. The Hall–Kier alpha value is -0.760. The maximum Gasteiger partial charge on any atom is 0.416 e. The van der Waals surface area contributed by atoms with Crippen LogP contribution in [0.3, 0.4) is 0 Å². The normalized spacial score (nSPS) is 13.7. The van der Waals surface area contributed by atoms with Gasteiger partial charge in [-0.3, -0.25) is 4.79 Å². The average molecular weight is 307 g/mol. The van der Waals surface area contributed by atoms with E-state index in [1.807, 2.05) is 6.08 Å². The van der Waals surface area contributed by atoms with Gasteiger partial charge in [-0.05, 0) is 27.8 Å². The van der Waals surface area contributed by atoms with Crippen LogP contribution in [0.5, 0.6) is 0 Å². The molecule has 7 heteroatoms. The van der Waals surface area contributed by atoms with E-state index in [4.69, 9.17) is 4.74 Å². The fraction of sp³-hybridized carbons (Fsp3) is 0.769. The van der Waals surface area contributed by atoms with Gasteiger partial charge in [-0.1, -0.05) is 31.8 Å². The summed E-state index contributed by atoms with van der Waals surface area (Å²) in [6.07, 6.45) is 9.66. The van der Waals surface area contributed by atoms with Crippen LogP contribution < -0.4 is 5.90 Å². The highest BCUT2D eigenvalue weighted by Gasteiger charge is 2.29. The van der Waals surface area contributed by atoms with Gasteiger partial charge in [-0.25, -0.2) is 0 Å². The molecule has 1 atom stereocenters. The number of esters is 1. The van der Waals surface area contributed by atoms with E-state index in [0.717, 1.165) is 32.1 Å². The molecule has 0 aliphatic heterocycles. The van der Waals surface area contributed by atoms with Crippen molar-refractivity contribution in [3.63, 3.8) is 0 Å². The largest absolute Gasteiger partial charge is 0.460 e. The van der Waals surface area contributed by atoms with E-state index in [2.05, 4.69) is 16.8 Å². The Morgan fingerprint density at radius 2 is 1.75 bits per heavy atom. The highest BCUT2D eigenvalue weighted by Crippen LogP contribution is 2.09. The molecule has 0 saturated heterocycles. The monoisotopic (exact) mass is 307 g/mol. The molecule has 0 aromatic heterocycles. The lowest BCUT2D eigenvalue weighted by molar-refractivity contribution is -0.143. The van der Waals surface area contributed by atoms with E-state index in [9.17, 15) is 13.6 Å². The molecular formula is C13H25NO5S+. The maximum absolute atomic E-state index is 11.3. The quantitative estimate of drug-likeness (QED) is 0.185. The molecule has 0 heterocycles. The molecule has 0 saturated carbocycles. The van der Waals surface area contributed by atoms with Gasteiger partial charge in [0.15, 0.2) is 0 Å². The van der Waals surface area contributed by atoms with E-state index >= 15 is 0 Å². The molecule has 117 valence electrons. The molecule has 1 radical (unpaired) electrons. The van der Waals surface area contributed by atoms with Gasteiger partial charge in [0, 0.05) is 6.42 Å². The van der Waals surface area contributed by atoms with Gasteiger partial charge in [0.1, 0.15) is 6.61 Å². The van der Waals surface area contributed by atoms with Crippen molar-refractivity contribution in [2.75, 3.05) is 12.4 Å². The minimum atomic E-state index is -3.76. The summed E-state index contributed by atoms with van der Waals surface area (Å²) in [6, 6.07) is 0. The first-order valence-electron chi connectivity index (χ1n) is 6.89. The van der Waals surface area contributed by atoms with E-state index in [-0.39, 0.29) is 12.6 Å². The van der Waals surface area contributed by atoms with Crippen molar-refractivity contribution < 1.29 is 22.6 Å². The number of unbranched alkanes of at least 4 members (excludes halogenated alkanes) is 6. The van der Waals surface area contributed by atoms with Gasteiger partial charge in [0.05, 0.1) is 4.55 Å². The molecule has 0 bridgehead atoms. The molecule has 0 rings (SSSR count). The number of allylic oxidation sites excluding steroid dienone is 1. The fourth-order valence-electron chi connectivity index (χ4n) is 1.64. The van der Waals surface area contributed by atoms with Crippen molar-refractivity contribution in [2.45, 2.75) is 51.4 Å². The Bertz CT molecular complexity index is 322. The van der Waals surface area contributed by atoms with Gasteiger partial charge in [0.2, 0.25) is 5.75 Å². The fourth-order valence-corrected chi connectivity index (χ4v) is 2.03. The Morgan fingerprint density at radius 3 is 2.35 bits per heavy atom. The van der Waals surface area contributed by atoms with Gasteiger partial charge in [-0.2, -0.15) is 5.90 Å². The number of ether oxygens (including phenoxy) is 1. The zero-order valence-corrected chi connectivity index (χ0v) is 12.7. The summed E-state index contributed by atoms with van der Waals surface area (Å²) in [5.74, 6) is 3.74. The summed E-state index contributed by atoms with van der Waals surface area (Å²) in [6.45, 7) is 3.45. The third kappa shape index (κ3) is 12.3. The van der Waals surface area contributed by atoms with Gasteiger partial charge in [0.25, 0.3) is 0 Å².